The molecular weight excluding hydrogens is 403 g/mol. The van der Waals surface area contributed by atoms with Crippen LogP contribution in [0.4, 0.5) is 15.2 Å². The lowest BCUT2D eigenvalue weighted by Crippen LogP contribution is -2.40. The van der Waals surface area contributed by atoms with Gasteiger partial charge in [0.15, 0.2) is 0 Å². The van der Waals surface area contributed by atoms with Gasteiger partial charge in [0.1, 0.15) is 17.4 Å². The van der Waals surface area contributed by atoms with Crippen LogP contribution in [0.15, 0.2) is 48.5 Å². The first-order chi connectivity index (χ1) is 14.6. The Balaban J connectivity index is 1.38. The van der Waals surface area contributed by atoms with E-state index in [0.717, 1.165) is 41.7 Å². The minimum atomic E-state index is -0.321. The molecule has 1 saturated heterocycles. The molecule has 1 amide bonds. The van der Waals surface area contributed by atoms with Crippen LogP contribution in [0.5, 0.6) is 5.75 Å². The average molecular weight is 427 g/mol. The van der Waals surface area contributed by atoms with Crippen LogP contribution in [0.2, 0.25) is 0 Å². The van der Waals surface area contributed by atoms with Gasteiger partial charge in [0, 0.05) is 36.7 Å². The fraction of sp³-hybridized carbons (Fsp3) is 0.318. The molecule has 156 valence electrons. The topological polar surface area (TPSA) is 67.3 Å². The molecule has 0 bridgehead atoms. The second-order valence-corrected chi connectivity index (χ2v) is 8.03. The van der Waals surface area contributed by atoms with Crippen molar-refractivity contribution in [2.75, 3.05) is 30.4 Å². The molecule has 0 spiro atoms. The van der Waals surface area contributed by atoms with Gasteiger partial charge in [0.2, 0.25) is 11.0 Å². The molecular formula is C22H23FN4O2S. The highest BCUT2D eigenvalue weighted by atomic mass is 32.1. The number of carbonyl (C=O) groups is 1. The van der Waals surface area contributed by atoms with Gasteiger partial charge < -0.3 is 15.0 Å². The summed E-state index contributed by atoms with van der Waals surface area (Å²) < 4.78 is 22.8. The summed E-state index contributed by atoms with van der Waals surface area (Å²) in [6.45, 7) is 1.45. The number of rotatable bonds is 6. The van der Waals surface area contributed by atoms with Crippen molar-refractivity contribution in [1.82, 2.24) is 9.36 Å². The standard InChI is InChI=1S/C22H23FN4O2S/c1-29-19-6-2-4-15(12-19)13-20-25-22(30-26-20)27-11-3-5-16(14-27)21(28)24-18-9-7-17(23)8-10-18/h2,4,6-10,12,16H,3,5,11,13-14H2,1H3,(H,24,28). The lowest BCUT2D eigenvalue weighted by molar-refractivity contribution is -0.120. The summed E-state index contributed by atoms with van der Waals surface area (Å²) in [6, 6.07) is 13.7. The van der Waals surface area contributed by atoms with Gasteiger partial charge in [0.05, 0.1) is 13.0 Å². The first-order valence-electron chi connectivity index (χ1n) is 9.87. The summed E-state index contributed by atoms with van der Waals surface area (Å²) >= 11 is 1.36. The number of benzene rings is 2. The zero-order valence-electron chi connectivity index (χ0n) is 16.7. The highest BCUT2D eigenvalue weighted by Crippen LogP contribution is 2.26. The van der Waals surface area contributed by atoms with E-state index in [4.69, 9.17) is 9.72 Å². The van der Waals surface area contributed by atoms with Crippen molar-refractivity contribution in [3.8, 4) is 5.75 Å². The van der Waals surface area contributed by atoms with E-state index in [9.17, 15) is 9.18 Å². The summed E-state index contributed by atoms with van der Waals surface area (Å²) in [6.07, 6.45) is 2.36. The maximum Gasteiger partial charge on any atom is 0.229 e. The molecule has 1 N–H and O–H groups in total. The predicted octanol–water partition coefficient (Wildman–Crippen LogP) is 4.13. The van der Waals surface area contributed by atoms with E-state index in [1.165, 1.54) is 23.7 Å². The molecule has 1 fully saturated rings. The van der Waals surface area contributed by atoms with Crippen LogP contribution in [0.25, 0.3) is 0 Å². The van der Waals surface area contributed by atoms with Gasteiger partial charge in [-0.1, -0.05) is 12.1 Å². The minimum absolute atomic E-state index is 0.0487. The summed E-state index contributed by atoms with van der Waals surface area (Å²) in [5, 5.41) is 3.72. The van der Waals surface area contributed by atoms with Crippen LogP contribution >= 0.6 is 11.5 Å². The number of ether oxygens (including phenoxy) is 1. The second-order valence-electron chi connectivity index (χ2n) is 7.30. The maximum atomic E-state index is 13.1. The Labute approximate surface area is 178 Å². The third kappa shape index (κ3) is 4.94. The highest BCUT2D eigenvalue weighted by molar-refractivity contribution is 7.09. The van der Waals surface area contributed by atoms with Crippen molar-refractivity contribution in [3.05, 3.63) is 65.7 Å². The summed E-state index contributed by atoms with van der Waals surface area (Å²) in [4.78, 5) is 19.5. The molecule has 6 nitrogen and oxygen atoms in total. The molecule has 2 heterocycles. The van der Waals surface area contributed by atoms with Crippen LogP contribution in [0, 0.1) is 11.7 Å². The van der Waals surface area contributed by atoms with E-state index in [1.54, 1.807) is 19.2 Å². The van der Waals surface area contributed by atoms with Crippen LogP contribution in [-0.4, -0.2) is 35.5 Å². The lowest BCUT2D eigenvalue weighted by Gasteiger charge is -2.31. The number of methoxy groups -OCH3 is 1. The smallest absolute Gasteiger partial charge is 0.229 e. The number of amides is 1. The number of nitrogens with one attached hydrogen (secondary N) is 1. The molecule has 1 unspecified atom stereocenters. The molecule has 1 atom stereocenters. The van der Waals surface area contributed by atoms with Crippen molar-refractivity contribution in [2.24, 2.45) is 5.92 Å². The van der Waals surface area contributed by atoms with Gasteiger partial charge in [-0.25, -0.2) is 9.37 Å². The van der Waals surface area contributed by atoms with Crippen LogP contribution in [-0.2, 0) is 11.2 Å². The third-order valence-corrected chi connectivity index (χ3v) is 5.94. The largest absolute Gasteiger partial charge is 0.497 e. The Morgan fingerprint density at radius 1 is 1.30 bits per heavy atom. The fourth-order valence-corrected chi connectivity index (χ4v) is 4.27. The van der Waals surface area contributed by atoms with Gasteiger partial charge in [-0.05, 0) is 54.8 Å². The number of hydrogen-bond acceptors (Lipinski definition) is 6. The molecule has 1 aliphatic rings. The van der Waals surface area contributed by atoms with E-state index < -0.39 is 0 Å². The summed E-state index contributed by atoms with van der Waals surface area (Å²) in [5.41, 5.74) is 1.70. The molecule has 1 aromatic heterocycles. The Hall–Kier alpha value is -3.00. The van der Waals surface area contributed by atoms with Crippen LogP contribution in [0.3, 0.4) is 0 Å². The SMILES string of the molecule is COc1cccc(Cc2nsc(N3CCCC(C(=O)Nc4ccc(F)cc4)C3)n2)c1. The zero-order chi connectivity index (χ0) is 20.9. The Morgan fingerprint density at radius 2 is 2.13 bits per heavy atom. The zero-order valence-corrected chi connectivity index (χ0v) is 17.5. The molecule has 0 radical (unpaired) electrons. The van der Waals surface area contributed by atoms with E-state index in [2.05, 4.69) is 14.6 Å². The maximum absolute atomic E-state index is 13.1. The van der Waals surface area contributed by atoms with Gasteiger partial charge in [-0.2, -0.15) is 4.37 Å². The van der Waals surface area contributed by atoms with Crippen molar-refractivity contribution in [2.45, 2.75) is 19.3 Å². The van der Waals surface area contributed by atoms with Gasteiger partial charge >= 0.3 is 0 Å². The molecule has 0 saturated carbocycles. The third-order valence-electron chi connectivity index (χ3n) is 5.13. The Kier molecular flexibility index (Phi) is 6.23. The number of hydrogen-bond donors (Lipinski definition) is 1. The molecule has 8 heteroatoms. The van der Waals surface area contributed by atoms with E-state index in [0.29, 0.717) is 18.7 Å². The van der Waals surface area contributed by atoms with Gasteiger partial charge in [-0.15, -0.1) is 0 Å². The molecule has 30 heavy (non-hydrogen) atoms. The number of aromatic nitrogens is 2. The predicted molar refractivity (Wildman–Crippen MR) is 116 cm³/mol. The molecule has 2 aromatic carbocycles. The van der Waals surface area contributed by atoms with E-state index in [-0.39, 0.29) is 17.6 Å². The number of halogens is 1. The summed E-state index contributed by atoms with van der Waals surface area (Å²) in [5.74, 6) is 1.06. The summed E-state index contributed by atoms with van der Waals surface area (Å²) in [7, 11) is 1.65. The average Bonchev–Trinajstić information content (AvgIpc) is 3.24. The highest BCUT2D eigenvalue weighted by Gasteiger charge is 2.27. The van der Waals surface area contributed by atoms with Crippen molar-refractivity contribution in [3.63, 3.8) is 0 Å². The lowest BCUT2D eigenvalue weighted by atomic mass is 9.97. The Bertz CT molecular complexity index is 1010. The first-order valence-corrected chi connectivity index (χ1v) is 10.6. The van der Waals surface area contributed by atoms with Gasteiger partial charge in [-0.3, -0.25) is 4.79 Å². The van der Waals surface area contributed by atoms with E-state index in [1.807, 2.05) is 24.3 Å². The van der Waals surface area contributed by atoms with Crippen LogP contribution in [0.1, 0.15) is 24.2 Å². The van der Waals surface area contributed by atoms with Crippen molar-refractivity contribution in [1.29, 1.82) is 0 Å². The number of anilines is 2. The normalized spacial score (nSPS) is 16.3. The van der Waals surface area contributed by atoms with Gasteiger partial charge in [0.25, 0.3) is 0 Å². The molecule has 0 aliphatic carbocycles. The second kappa shape index (κ2) is 9.21. The monoisotopic (exact) mass is 426 g/mol. The van der Waals surface area contributed by atoms with Crippen LogP contribution < -0.4 is 15.0 Å². The van der Waals surface area contributed by atoms with Crippen molar-refractivity contribution >= 4 is 28.3 Å². The minimum Gasteiger partial charge on any atom is -0.497 e. The number of nitrogens with zero attached hydrogens (tertiary/aromatic N) is 3. The van der Waals surface area contributed by atoms with Crippen molar-refractivity contribution < 1.29 is 13.9 Å². The van der Waals surface area contributed by atoms with E-state index >= 15 is 0 Å². The quantitative estimate of drug-likeness (QED) is 0.642. The molecule has 1 aliphatic heterocycles. The first kappa shape index (κ1) is 20.3. The number of carbonyl (C=O) groups excluding carboxylic acids is 1. The molecule has 3 aromatic rings. The Morgan fingerprint density at radius 3 is 2.93 bits per heavy atom. The fourth-order valence-electron chi connectivity index (χ4n) is 3.55. The molecule has 4 rings (SSSR count). The number of piperidine rings is 1.